The van der Waals surface area contributed by atoms with Crippen LogP contribution in [0.2, 0.25) is 0 Å². The van der Waals surface area contributed by atoms with Crippen LogP contribution in [0.25, 0.3) is 11.0 Å². The minimum atomic E-state index is -2.96. The van der Waals surface area contributed by atoms with E-state index in [1.807, 2.05) is 0 Å². The number of aromatic nitrogens is 3. The molecule has 2 N–H and O–H groups in total. The fourth-order valence-corrected chi connectivity index (χ4v) is 3.63. The average Bonchev–Trinajstić information content (AvgIpc) is 2.97. The number of halogens is 2. The first-order valence-corrected chi connectivity index (χ1v) is 8.93. The summed E-state index contributed by atoms with van der Waals surface area (Å²) in [5.41, 5.74) is 1.11. The third-order valence-corrected chi connectivity index (χ3v) is 4.92. The van der Waals surface area contributed by atoms with Gasteiger partial charge in [0, 0.05) is 29.5 Å². The molecule has 0 aliphatic carbocycles. The Labute approximate surface area is 156 Å². The quantitative estimate of drug-likeness (QED) is 0.479. The van der Waals surface area contributed by atoms with Crippen LogP contribution in [-0.2, 0) is 16.9 Å². The van der Waals surface area contributed by atoms with Gasteiger partial charge in [-0.05, 0) is 12.1 Å². The van der Waals surface area contributed by atoms with Crippen molar-refractivity contribution in [3.63, 3.8) is 0 Å². The third kappa shape index (κ3) is 3.83. The number of nitrogen functional groups attached to an aromatic ring is 1. The monoisotopic (exact) mass is 398 g/mol. The molecule has 3 rings (SSSR count). The lowest BCUT2D eigenvalue weighted by Gasteiger charge is -2.13. The van der Waals surface area contributed by atoms with Gasteiger partial charge < -0.3 is 24.6 Å². The average molecular weight is 398 g/mol. The summed E-state index contributed by atoms with van der Waals surface area (Å²) in [7, 11) is 2.94. The lowest BCUT2D eigenvalue weighted by molar-refractivity contribution is -0.0497. The first-order chi connectivity index (χ1) is 12.9. The number of pyridine rings is 1. The van der Waals surface area contributed by atoms with E-state index >= 15 is 0 Å². The van der Waals surface area contributed by atoms with Crippen LogP contribution < -0.4 is 20.1 Å². The van der Waals surface area contributed by atoms with Crippen LogP contribution in [0.4, 0.5) is 8.78 Å². The fraction of sp³-hybridized carbons (Fsp3) is 0.250. The standard InChI is InChI=1S/C16H16F2N4O4S/c1-24-13-5-6-20-11(14(13)25-2)8-27(23)16-21-10-4-3-9(26-15(17)18)7-12(10)22(16)19/h3-7,15H,8,19H2,1-2H3. The fourth-order valence-electron chi connectivity index (χ4n) is 2.53. The molecule has 1 unspecified atom stereocenters. The zero-order chi connectivity index (χ0) is 19.6. The van der Waals surface area contributed by atoms with Crippen molar-refractivity contribution in [2.24, 2.45) is 0 Å². The summed E-state index contributed by atoms with van der Waals surface area (Å²) in [5.74, 6) is 6.68. The van der Waals surface area contributed by atoms with Gasteiger partial charge in [0.1, 0.15) is 11.4 Å². The second-order valence-electron chi connectivity index (χ2n) is 5.28. The highest BCUT2D eigenvalue weighted by atomic mass is 32.2. The minimum absolute atomic E-state index is 0.0265. The van der Waals surface area contributed by atoms with Crippen molar-refractivity contribution in [2.75, 3.05) is 20.1 Å². The van der Waals surface area contributed by atoms with Gasteiger partial charge in [-0.25, -0.2) is 4.68 Å². The summed E-state index contributed by atoms with van der Waals surface area (Å²) in [5, 5.41) is 0.0610. The number of ether oxygens (including phenoxy) is 3. The van der Waals surface area contributed by atoms with E-state index in [0.29, 0.717) is 28.2 Å². The van der Waals surface area contributed by atoms with E-state index in [-0.39, 0.29) is 16.7 Å². The van der Waals surface area contributed by atoms with E-state index in [2.05, 4.69) is 14.7 Å². The van der Waals surface area contributed by atoms with Crippen LogP contribution in [0.1, 0.15) is 5.69 Å². The Kier molecular flexibility index (Phi) is 5.51. The normalized spacial score (nSPS) is 12.4. The van der Waals surface area contributed by atoms with Crippen LogP contribution in [-0.4, -0.2) is 40.0 Å². The summed E-state index contributed by atoms with van der Waals surface area (Å²) in [6, 6.07) is 5.72. The number of benzene rings is 1. The van der Waals surface area contributed by atoms with Crippen LogP contribution >= 0.6 is 0 Å². The number of nitrogens with zero attached hydrogens (tertiary/aromatic N) is 3. The number of imidazole rings is 1. The molecule has 0 saturated heterocycles. The van der Waals surface area contributed by atoms with Gasteiger partial charge in [-0.1, -0.05) is 0 Å². The number of rotatable bonds is 7. The van der Waals surface area contributed by atoms with Crippen LogP contribution in [0.5, 0.6) is 17.2 Å². The van der Waals surface area contributed by atoms with Crippen LogP contribution in [0.15, 0.2) is 35.6 Å². The molecule has 1 atom stereocenters. The van der Waals surface area contributed by atoms with Crippen molar-refractivity contribution in [1.82, 2.24) is 14.6 Å². The zero-order valence-corrected chi connectivity index (χ0v) is 15.2. The Morgan fingerprint density at radius 1 is 1.26 bits per heavy atom. The van der Waals surface area contributed by atoms with E-state index in [1.165, 1.54) is 38.6 Å². The lowest BCUT2D eigenvalue weighted by Crippen LogP contribution is -2.19. The maximum Gasteiger partial charge on any atom is 0.387 e. The summed E-state index contributed by atoms with van der Waals surface area (Å²) >= 11 is -1.68. The summed E-state index contributed by atoms with van der Waals surface area (Å²) in [6.45, 7) is -2.96. The highest BCUT2D eigenvalue weighted by molar-refractivity contribution is 7.90. The van der Waals surface area contributed by atoms with Gasteiger partial charge in [0.2, 0.25) is 0 Å². The van der Waals surface area contributed by atoms with Crippen molar-refractivity contribution in [2.45, 2.75) is 17.5 Å². The van der Waals surface area contributed by atoms with Crippen LogP contribution in [0.3, 0.4) is 0 Å². The predicted molar refractivity (Wildman–Crippen MR) is 94.0 cm³/mol. The lowest BCUT2D eigenvalue weighted by atomic mass is 10.3. The van der Waals surface area contributed by atoms with Crippen molar-refractivity contribution < 1.29 is 27.5 Å². The van der Waals surface area contributed by atoms with Crippen molar-refractivity contribution >= 4 is 22.2 Å². The molecule has 8 nitrogen and oxygen atoms in total. The Bertz CT molecular complexity index is 954. The Morgan fingerprint density at radius 3 is 2.70 bits per heavy atom. The first kappa shape index (κ1) is 19.0. The van der Waals surface area contributed by atoms with Gasteiger partial charge >= 0.3 is 11.8 Å². The summed E-state index contributed by atoms with van der Waals surface area (Å²) in [6.07, 6.45) is 1.51. The van der Waals surface area contributed by atoms with Crippen molar-refractivity contribution in [1.29, 1.82) is 0 Å². The molecule has 2 aromatic heterocycles. The second kappa shape index (κ2) is 7.84. The third-order valence-electron chi connectivity index (χ3n) is 3.69. The Balaban J connectivity index is 1.92. The molecule has 0 radical (unpaired) electrons. The number of hydrogen-bond acceptors (Lipinski definition) is 7. The number of nitrogens with two attached hydrogens (primary N) is 1. The molecular weight excluding hydrogens is 382 g/mol. The van der Waals surface area contributed by atoms with E-state index in [0.717, 1.165) is 4.68 Å². The van der Waals surface area contributed by atoms with Crippen LogP contribution in [0, 0.1) is 0 Å². The number of hydrogen-bond donors (Lipinski definition) is 1. The van der Waals surface area contributed by atoms with E-state index in [4.69, 9.17) is 15.3 Å². The molecule has 11 heteroatoms. The molecule has 3 aromatic rings. The molecule has 1 aromatic carbocycles. The molecule has 27 heavy (non-hydrogen) atoms. The van der Waals surface area contributed by atoms with E-state index < -0.39 is 17.8 Å². The molecular formula is C16H16F2N4O4S. The number of fused-ring (bicyclic) bond motifs is 1. The maximum absolute atomic E-state index is 12.8. The molecule has 0 bridgehead atoms. The molecule has 0 amide bonds. The van der Waals surface area contributed by atoms with Crippen molar-refractivity contribution in [3.05, 3.63) is 36.2 Å². The maximum atomic E-state index is 12.8. The van der Waals surface area contributed by atoms with E-state index in [1.54, 1.807) is 6.07 Å². The van der Waals surface area contributed by atoms with Gasteiger partial charge in [-0.15, -0.1) is 0 Å². The molecule has 0 aliphatic heterocycles. The van der Waals surface area contributed by atoms with Gasteiger partial charge in [-0.2, -0.15) is 13.8 Å². The largest absolute Gasteiger partial charge is 0.609 e. The van der Waals surface area contributed by atoms with E-state index in [9.17, 15) is 13.3 Å². The minimum Gasteiger partial charge on any atom is -0.609 e. The molecule has 0 fully saturated rings. The van der Waals surface area contributed by atoms with Gasteiger partial charge in [0.15, 0.2) is 17.3 Å². The second-order valence-corrected chi connectivity index (χ2v) is 6.62. The van der Waals surface area contributed by atoms with Gasteiger partial charge in [0.25, 0.3) is 0 Å². The predicted octanol–water partition coefficient (Wildman–Crippen LogP) is 2.07. The Morgan fingerprint density at radius 2 is 2.04 bits per heavy atom. The highest BCUT2D eigenvalue weighted by Gasteiger charge is 2.25. The Hall–Kier alpha value is -2.79. The highest BCUT2D eigenvalue weighted by Crippen LogP contribution is 2.32. The molecule has 144 valence electrons. The summed E-state index contributed by atoms with van der Waals surface area (Å²) < 4.78 is 53.5. The number of methoxy groups -OCH3 is 2. The molecule has 0 saturated carbocycles. The SMILES string of the molecule is COc1ccnc(C[S+]([O-])c2nc3ccc(OC(F)F)cc3n2N)c1OC. The van der Waals surface area contributed by atoms with Gasteiger partial charge in [-0.3, -0.25) is 4.98 Å². The molecule has 0 spiro atoms. The molecule has 0 aliphatic rings. The van der Waals surface area contributed by atoms with Crippen molar-refractivity contribution in [3.8, 4) is 17.2 Å². The smallest absolute Gasteiger partial charge is 0.387 e. The van der Waals surface area contributed by atoms with Gasteiger partial charge in [0.05, 0.1) is 25.3 Å². The molecule has 2 heterocycles. The topological polar surface area (TPSA) is 107 Å². The number of alkyl halides is 2. The first-order valence-electron chi connectivity index (χ1n) is 7.61. The summed E-state index contributed by atoms with van der Waals surface area (Å²) in [4.78, 5) is 8.40. The zero-order valence-electron chi connectivity index (χ0n) is 14.4.